The summed E-state index contributed by atoms with van der Waals surface area (Å²) >= 11 is -0.775. The number of carbonyl (C=O) groups excluding carboxylic acids is 2. The number of carbonyl (C=O) groups is 2. The molecule has 508 valence electrons. The third kappa shape index (κ3) is 19.0. The van der Waals surface area contributed by atoms with Crippen molar-refractivity contribution in [2.45, 2.75) is 134 Å². The number of hydrogen-bond donors (Lipinski definition) is 0. The number of fused-ring (bicyclic) bond motifs is 2. The number of rotatable bonds is 26. The molecule has 0 radical (unpaired) electrons. The van der Waals surface area contributed by atoms with Gasteiger partial charge < -0.3 is 28.7 Å². The van der Waals surface area contributed by atoms with Crippen LogP contribution in [-0.4, -0.2) is 103 Å². The molecular weight excluding hydrogens is 1280 g/mol. The second-order valence-corrected chi connectivity index (χ2v) is 21.5. The van der Waals surface area contributed by atoms with Crippen molar-refractivity contribution in [1.29, 1.82) is 0 Å². The summed E-state index contributed by atoms with van der Waals surface area (Å²) in [6, 6.07) is -12.7. The highest BCUT2D eigenvalue weighted by Crippen LogP contribution is 2.36. The molecule has 1 atom stereocenters. The summed E-state index contributed by atoms with van der Waals surface area (Å²) in [5, 5.41) is -2.58. The highest BCUT2D eigenvalue weighted by atomic mass is 32.2. The first kappa shape index (κ1) is 36.1. The lowest BCUT2D eigenvalue weighted by Gasteiger charge is -2.28. The fourth-order valence-corrected chi connectivity index (χ4v) is 10.0. The van der Waals surface area contributed by atoms with Gasteiger partial charge in [0.25, 0.3) is 11.1 Å². The van der Waals surface area contributed by atoms with Crippen molar-refractivity contribution >= 4 is 35.3 Å². The van der Waals surface area contributed by atoms with E-state index in [2.05, 4.69) is 9.97 Å². The van der Waals surface area contributed by atoms with Crippen LogP contribution in [0.4, 0.5) is 35.1 Å². The first-order valence-electron chi connectivity index (χ1n) is 48.6. The van der Waals surface area contributed by atoms with E-state index in [-0.39, 0.29) is 83.0 Å². The Labute approximate surface area is 620 Å². The molecule has 2 aliphatic rings. The van der Waals surface area contributed by atoms with E-state index in [0.29, 0.717) is 6.92 Å². The standard InChI is InChI=1S/2C37H40F4N4O2S/c1-4-43(5-2)18-19-44(22-26-6-10-28(11-7-26)29-12-14-30(15-13-29)37(39,40)41)34(46)23-45-33-21-25(3)20-32(33)35(47)42-36(45)48-24-27-8-16-31(38)17-9-27;1-4-43(5-2)19-20-44(22-26-9-13-28(14-10-26)29-15-18-32(25(3)21-29)37(39,40)41)34(46)23-45-33-8-6-7-31(33)35(47)42-36(45)48-24-27-11-16-30(38)17-12-27/h6-17,25H,4-5,18-24H2,1-3H3;9-18,21H,4-8,19-20,22-24H2,1-3H3/i8D,9D,16D,17D,18D2,19D2,20D2,21D2,22D2,23D2,24D2,25D;9D,10D,11D,12D,13D,14D,15D,16D,17D,18D,19D2,20D2,21D,22D2,23D2,24D2. The molecule has 96 heavy (non-hydrogen) atoms. The average molecular weight is 1400 g/mol. The average Bonchev–Trinajstić information content (AvgIpc) is 1.52. The number of halogens is 8. The van der Waals surface area contributed by atoms with Crippen LogP contribution in [0, 0.1) is 24.5 Å². The van der Waals surface area contributed by atoms with Crippen molar-refractivity contribution in [1.82, 2.24) is 38.7 Å². The highest BCUT2D eigenvalue weighted by molar-refractivity contribution is 7.98. The Balaban J connectivity index is 0.000000305. The molecule has 0 fully saturated rings. The van der Waals surface area contributed by atoms with E-state index in [0.717, 1.165) is 65.3 Å². The predicted molar refractivity (Wildman–Crippen MR) is 362 cm³/mol. The van der Waals surface area contributed by atoms with Crippen LogP contribution in [0.1, 0.15) is 157 Å². The fraction of sp³-hybridized carbons (Fsp3) is 0.378. The van der Waals surface area contributed by atoms with Gasteiger partial charge in [-0.05, 0) is 163 Å². The summed E-state index contributed by atoms with van der Waals surface area (Å²) in [5.41, 5.74) is -23.4. The fourth-order valence-electron chi connectivity index (χ4n) is 8.69. The van der Waals surface area contributed by atoms with Gasteiger partial charge in [-0.25, -0.2) is 8.78 Å². The lowest BCUT2D eigenvalue weighted by Crippen LogP contribution is -2.40. The Hall–Kier alpha value is -7.92. The minimum atomic E-state index is -5.27. The topological polar surface area (TPSA) is 117 Å². The molecule has 2 aromatic heterocycles. The van der Waals surface area contributed by atoms with Crippen LogP contribution in [0.2, 0.25) is 0 Å². The number of alkyl halides is 6. The van der Waals surface area contributed by atoms with Gasteiger partial charge in [-0.3, -0.25) is 19.2 Å². The number of thioether (sulfide) groups is 2. The van der Waals surface area contributed by atoms with Crippen molar-refractivity contribution in [3.05, 3.63) is 233 Å². The summed E-state index contributed by atoms with van der Waals surface area (Å²) in [6.45, 7) is -26.1. The Kier molecular flexibility index (Phi) is 12.4. The molecule has 2 amide bonds. The van der Waals surface area contributed by atoms with Gasteiger partial charge in [-0.15, -0.1) is 0 Å². The molecule has 12 nitrogen and oxygen atoms in total. The SMILES string of the molecule is [2H]c1c([2H])c(C([2H])([2H])Sc2nc(=O)c3c(n2C([2H])([2H])C(=O)N(C([2H])([2H])c2c([2H])c([2H])c(-c4c([2H])c([2H])c(C(F)(F)F)c(C)c4[2H])c([2H])c2[2H])C([2H])([2H])C([2H])([2H])N(CC)CC)CCC3)c([2H])c([2H])c1F.[2H]c1c([2H])c(C([2H])([2H])Sc2nc(=O)c3c(n2C([2H])([2H])C(=O)N(C([2H])([2H])c2ccc(-c4ccc(C(F)(F)F)cc4)cc2)C([2H])([2H])C([2H])([2H])N(CC)CC)C([2H])([2H])C([2H])(C)C3([2H])[2H])c([2H])c([2H])c1F. The summed E-state index contributed by atoms with van der Waals surface area (Å²) in [5.74, 6) is -11.4. The molecule has 22 heteroatoms. The zero-order chi connectivity index (χ0) is 104. The Morgan fingerprint density at radius 3 is 1.52 bits per heavy atom. The summed E-state index contributed by atoms with van der Waals surface area (Å²) in [6.07, 6.45) is -17.4. The molecule has 0 saturated heterocycles. The minimum Gasteiger partial charge on any atom is -0.336 e. The van der Waals surface area contributed by atoms with E-state index in [4.69, 9.17) is 38.4 Å². The van der Waals surface area contributed by atoms with Crippen molar-refractivity contribution < 1.29 is 99.5 Å². The van der Waals surface area contributed by atoms with Crippen molar-refractivity contribution in [3.8, 4) is 22.3 Å². The number of likely N-dealkylation sites (N-methyl/N-ethyl adjacent to an activating group) is 2. The van der Waals surface area contributed by atoms with Gasteiger partial charge in [0.15, 0.2) is 10.3 Å². The van der Waals surface area contributed by atoms with Gasteiger partial charge in [0, 0.05) is 90.7 Å². The molecular formula is C74H80F8N8O4S2. The molecule has 0 bridgehead atoms. The molecule has 0 saturated carbocycles. The van der Waals surface area contributed by atoms with Crippen LogP contribution in [0.5, 0.6) is 0 Å². The molecule has 0 N–H and O–H groups in total. The smallest absolute Gasteiger partial charge is 0.336 e. The van der Waals surface area contributed by atoms with Gasteiger partial charge in [-0.2, -0.15) is 36.3 Å². The molecule has 2 heterocycles. The third-order valence-electron chi connectivity index (χ3n) is 13.5. The number of nitrogens with zero attached hydrogens (tertiary/aromatic N) is 8. The van der Waals surface area contributed by atoms with E-state index in [9.17, 15) is 61.2 Å². The van der Waals surface area contributed by atoms with E-state index >= 15 is 9.59 Å². The van der Waals surface area contributed by atoms with E-state index < -0.39 is 318 Å². The Morgan fingerprint density at radius 1 is 0.573 bits per heavy atom. The monoisotopic (exact) mass is 1400 g/mol. The Morgan fingerprint density at radius 2 is 1.03 bits per heavy atom. The molecule has 10 rings (SSSR count). The van der Waals surface area contributed by atoms with Crippen LogP contribution >= 0.6 is 23.5 Å². The lowest BCUT2D eigenvalue weighted by molar-refractivity contribution is -0.138. The molecule has 8 aromatic rings. The Bertz CT molecular complexity index is 6150. The highest BCUT2D eigenvalue weighted by Gasteiger charge is 2.34. The lowest BCUT2D eigenvalue weighted by atomic mass is 9.98. The number of benzene rings is 6. The second kappa shape index (κ2) is 32.9. The van der Waals surface area contributed by atoms with Gasteiger partial charge in [0.05, 0.1) is 48.1 Å². The maximum atomic E-state index is 15.3. The largest absolute Gasteiger partial charge is 0.416 e. The normalized spacial score (nSPS) is 23.0. The van der Waals surface area contributed by atoms with E-state index in [1.165, 1.54) is 27.7 Å². The van der Waals surface area contributed by atoms with Gasteiger partial charge in [0.1, 0.15) is 24.6 Å². The quantitative estimate of drug-likeness (QED) is 0.0295. The van der Waals surface area contributed by atoms with Crippen molar-refractivity contribution in [2.24, 2.45) is 5.89 Å². The van der Waals surface area contributed by atoms with Crippen LogP contribution in [0.25, 0.3) is 22.3 Å². The maximum Gasteiger partial charge on any atom is 0.416 e. The van der Waals surface area contributed by atoms with E-state index in [1.807, 2.05) is 0 Å². The summed E-state index contributed by atoms with van der Waals surface area (Å²) in [7, 11) is 0. The first-order valence-corrected chi connectivity index (χ1v) is 30.2. The number of aromatic nitrogens is 4. The van der Waals surface area contributed by atoms with Crippen LogP contribution < -0.4 is 11.1 Å². The first-order chi connectivity index (χ1) is 61.6. The zero-order valence-corrected chi connectivity index (χ0v) is 52.8. The number of amides is 2. The van der Waals surface area contributed by atoms with Gasteiger partial charge in [0.2, 0.25) is 11.8 Å². The minimum absolute atomic E-state index is 0.0546. The molecule has 0 spiro atoms. The molecule has 0 aliphatic heterocycles. The zero-order valence-electron chi connectivity index (χ0n) is 91.1. The van der Waals surface area contributed by atoms with E-state index in [1.54, 1.807) is 0 Å². The van der Waals surface area contributed by atoms with Crippen molar-refractivity contribution in [3.63, 3.8) is 0 Å². The molecule has 2 aliphatic carbocycles. The van der Waals surface area contributed by atoms with Crippen LogP contribution in [0.15, 0.2) is 159 Å². The predicted octanol–water partition coefficient (Wildman–Crippen LogP) is 15.0. The second-order valence-electron chi connectivity index (χ2n) is 19.9. The molecule has 6 aromatic carbocycles. The van der Waals surface area contributed by atoms with Crippen LogP contribution in [0.3, 0.4) is 0 Å². The number of hydrogen-bond acceptors (Lipinski definition) is 10. The van der Waals surface area contributed by atoms with Gasteiger partial charge in [-0.1, -0.05) is 155 Å². The summed E-state index contributed by atoms with van der Waals surface area (Å²) < 4.78 is 463. The summed E-state index contributed by atoms with van der Waals surface area (Å²) in [4.78, 5) is 65.4. The van der Waals surface area contributed by atoms with Crippen LogP contribution in [-0.2, 0) is 84.9 Å². The maximum absolute atomic E-state index is 15.3. The van der Waals surface area contributed by atoms with Crippen molar-refractivity contribution in [2.75, 3.05) is 52.2 Å². The third-order valence-corrected chi connectivity index (χ3v) is 15.0. The molecule has 1 unspecified atom stereocenters. The van der Waals surface area contributed by atoms with Gasteiger partial charge >= 0.3 is 12.4 Å².